The zero-order chi connectivity index (χ0) is 13.7. The number of hydrogen-bond acceptors (Lipinski definition) is 4. The molecule has 5 heteroatoms. The van der Waals surface area contributed by atoms with E-state index in [2.05, 4.69) is 5.32 Å². The van der Waals surface area contributed by atoms with Gasteiger partial charge in [0.05, 0.1) is 5.69 Å². The quantitative estimate of drug-likeness (QED) is 0.846. The third-order valence-electron chi connectivity index (χ3n) is 3.21. The zero-order valence-electron chi connectivity index (χ0n) is 11.1. The van der Waals surface area contributed by atoms with Gasteiger partial charge in [-0.3, -0.25) is 4.79 Å². The molecule has 0 bridgehead atoms. The van der Waals surface area contributed by atoms with Gasteiger partial charge in [0.25, 0.3) is 5.91 Å². The molecule has 0 saturated carbocycles. The number of nitrogens with one attached hydrogen (secondary N) is 1. The zero-order valence-corrected chi connectivity index (χ0v) is 11.1. The van der Waals surface area contributed by atoms with E-state index in [1.807, 2.05) is 31.2 Å². The minimum Gasteiger partial charge on any atom is -0.490 e. The molecular formula is C14H20N2O3. The molecule has 0 aliphatic carbocycles. The highest BCUT2D eigenvalue weighted by molar-refractivity contribution is 5.98. The Kier molecular flexibility index (Phi) is 4.39. The van der Waals surface area contributed by atoms with Crippen molar-refractivity contribution >= 4 is 11.6 Å². The van der Waals surface area contributed by atoms with E-state index in [-0.39, 0.29) is 5.91 Å². The molecule has 1 aliphatic rings. The molecule has 1 fully saturated rings. The summed E-state index contributed by atoms with van der Waals surface area (Å²) in [7, 11) is 0. The van der Waals surface area contributed by atoms with Crippen molar-refractivity contribution in [2.75, 3.05) is 25.1 Å². The summed E-state index contributed by atoms with van der Waals surface area (Å²) in [5, 5.41) is 2.87. The number of carbonyl (C=O) groups is 1. The third kappa shape index (κ3) is 3.24. The molecule has 1 saturated heterocycles. The summed E-state index contributed by atoms with van der Waals surface area (Å²) in [5.41, 5.74) is 5.33. The monoisotopic (exact) mass is 264 g/mol. The van der Waals surface area contributed by atoms with Gasteiger partial charge in [-0.15, -0.1) is 0 Å². The minimum atomic E-state index is -0.735. The molecule has 1 aliphatic heterocycles. The maximum atomic E-state index is 12.2. The minimum absolute atomic E-state index is 0.131. The number of benzene rings is 1. The normalized spacial score (nSPS) is 22.2. The predicted molar refractivity (Wildman–Crippen MR) is 73.2 cm³/mol. The summed E-state index contributed by atoms with van der Waals surface area (Å²) in [6.07, 6.45) is 1.65. The second-order valence-electron chi connectivity index (χ2n) is 4.77. The number of rotatable bonds is 5. The van der Waals surface area contributed by atoms with Crippen LogP contribution < -0.4 is 15.8 Å². The summed E-state index contributed by atoms with van der Waals surface area (Å²) < 4.78 is 11.0. The first-order chi connectivity index (χ1) is 9.15. The van der Waals surface area contributed by atoms with Crippen LogP contribution in [-0.2, 0) is 9.53 Å². The summed E-state index contributed by atoms with van der Waals surface area (Å²) in [6, 6.07) is 7.32. The van der Waals surface area contributed by atoms with Gasteiger partial charge < -0.3 is 20.5 Å². The van der Waals surface area contributed by atoms with Gasteiger partial charge in [-0.25, -0.2) is 0 Å². The predicted octanol–water partition coefficient (Wildman–Crippen LogP) is 1.53. The van der Waals surface area contributed by atoms with Crippen LogP contribution in [0.5, 0.6) is 5.75 Å². The number of amides is 1. The maximum absolute atomic E-state index is 12.2. The number of hydrogen-bond donors (Lipinski definition) is 2. The van der Waals surface area contributed by atoms with Crippen LogP contribution in [0, 0.1) is 0 Å². The molecule has 2 rings (SSSR count). The van der Waals surface area contributed by atoms with Crippen LogP contribution in [0.3, 0.4) is 0 Å². The van der Waals surface area contributed by atoms with E-state index < -0.39 is 5.60 Å². The Balaban J connectivity index is 2.07. The Bertz CT molecular complexity index is 442. The SMILES string of the molecule is CC1(C(=O)Nc2ccccc2OCCN)CCCO1. The number of nitrogens with two attached hydrogens (primary N) is 1. The van der Waals surface area contributed by atoms with Crippen molar-refractivity contribution in [3.05, 3.63) is 24.3 Å². The second kappa shape index (κ2) is 6.04. The molecule has 1 amide bonds. The van der Waals surface area contributed by atoms with Crippen molar-refractivity contribution in [1.82, 2.24) is 0 Å². The summed E-state index contributed by atoms with van der Waals surface area (Å²) >= 11 is 0. The van der Waals surface area contributed by atoms with E-state index in [0.29, 0.717) is 31.2 Å². The van der Waals surface area contributed by atoms with Crippen LogP contribution in [0.15, 0.2) is 24.3 Å². The van der Waals surface area contributed by atoms with Crippen molar-refractivity contribution in [2.45, 2.75) is 25.4 Å². The molecule has 0 spiro atoms. The first-order valence-electron chi connectivity index (χ1n) is 6.53. The third-order valence-corrected chi connectivity index (χ3v) is 3.21. The van der Waals surface area contributed by atoms with E-state index >= 15 is 0 Å². The molecule has 1 aromatic carbocycles. The van der Waals surface area contributed by atoms with Crippen LogP contribution >= 0.6 is 0 Å². The molecule has 1 atom stereocenters. The van der Waals surface area contributed by atoms with Gasteiger partial charge in [0.1, 0.15) is 18.0 Å². The highest BCUT2D eigenvalue weighted by atomic mass is 16.5. The average Bonchev–Trinajstić information content (AvgIpc) is 2.86. The van der Waals surface area contributed by atoms with Crippen LogP contribution in [0.1, 0.15) is 19.8 Å². The molecule has 5 nitrogen and oxygen atoms in total. The number of carbonyl (C=O) groups excluding carboxylic acids is 1. The molecular weight excluding hydrogens is 244 g/mol. The maximum Gasteiger partial charge on any atom is 0.256 e. The molecule has 3 N–H and O–H groups in total. The van der Waals surface area contributed by atoms with Crippen molar-refractivity contribution in [1.29, 1.82) is 0 Å². The number of ether oxygens (including phenoxy) is 2. The van der Waals surface area contributed by atoms with Gasteiger partial charge in [-0.1, -0.05) is 12.1 Å². The summed E-state index contributed by atoms with van der Waals surface area (Å²) in [4.78, 5) is 12.2. The standard InChI is InChI=1S/C14H20N2O3/c1-14(7-4-9-19-14)13(17)16-11-5-2-3-6-12(11)18-10-8-15/h2-3,5-6H,4,7-10,15H2,1H3,(H,16,17). The van der Waals surface area contributed by atoms with Gasteiger partial charge in [0, 0.05) is 13.2 Å². The van der Waals surface area contributed by atoms with Gasteiger partial charge in [0.2, 0.25) is 0 Å². The Morgan fingerprint density at radius 1 is 1.53 bits per heavy atom. The van der Waals surface area contributed by atoms with E-state index in [1.54, 1.807) is 0 Å². The highest BCUT2D eigenvalue weighted by Gasteiger charge is 2.37. The van der Waals surface area contributed by atoms with Crippen molar-refractivity contribution in [2.24, 2.45) is 5.73 Å². The van der Waals surface area contributed by atoms with E-state index in [9.17, 15) is 4.79 Å². The number of anilines is 1. The van der Waals surface area contributed by atoms with E-state index in [1.165, 1.54) is 0 Å². The van der Waals surface area contributed by atoms with Gasteiger partial charge in [-0.05, 0) is 31.9 Å². The molecule has 0 radical (unpaired) electrons. The Labute approximate surface area is 113 Å². The smallest absolute Gasteiger partial charge is 0.256 e. The first kappa shape index (κ1) is 13.8. The lowest BCUT2D eigenvalue weighted by molar-refractivity contribution is -0.133. The van der Waals surface area contributed by atoms with Gasteiger partial charge in [-0.2, -0.15) is 0 Å². The lowest BCUT2D eigenvalue weighted by Gasteiger charge is -2.22. The summed E-state index contributed by atoms with van der Waals surface area (Å²) in [6.45, 7) is 3.30. The molecule has 1 heterocycles. The van der Waals surface area contributed by atoms with E-state index in [0.717, 1.165) is 12.8 Å². The van der Waals surface area contributed by atoms with Crippen LogP contribution in [0.25, 0.3) is 0 Å². The molecule has 19 heavy (non-hydrogen) atoms. The number of para-hydroxylation sites is 2. The Hall–Kier alpha value is -1.59. The van der Waals surface area contributed by atoms with Gasteiger partial charge in [0.15, 0.2) is 0 Å². The lowest BCUT2D eigenvalue weighted by Crippen LogP contribution is -2.39. The first-order valence-corrected chi connectivity index (χ1v) is 6.53. The van der Waals surface area contributed by atoms with E-state index in [4.69, 9.17) is 15.2 Å². The van der Waals surface area contributed by atoms with Crippen LogP contribution in [0.4, 0.5) is 5.69 Å². The lowest BCUT2D eigenvalue weighted by atomic mass is 10.0. The molecule has 1 aromatic rings. The van der Waals surface area contributed by atoms with Crippen LogP contribution in [-0.4, -0.2) is 31.3 Å². The fourth-order valence-electron chi connectivity index (χ4n) is 2.08. The van der Waals surface area contributed by atoms with Crippen LogP contribution in [0.2, 0.25) is 0 Å². The van der Waals surface area contributed by atoms with Crippen molar-refractivity contribution < 1.29 is 14.3 Å². The molecule has 0 aromatic heterocycles. The highest BCUT2D eigenvalue weighted by Crippen LogP contribution is 2.29. The van der Waals surface area contributed by atoms with Crippen molar-refractivity contribution in [3.63, 3.8) is 0 Å². The largest absolute Gasteiger partial charge is 0.490 e. The fraction of sp³-hybridized carbons (Fsp3) is 0.500. The second-order valence-corrected chi connectivity index (χ2v) is 4.77. The Morgan fingerprint density at radius 3 is 3.00 bits per heavy atom. The Morgan fingerprint density at radius 2 is 2.32 bits per heavy atom. The van der Waals surface area contributed by atoms with Crippen molar-refractivity contribution in [3.8, 4) is 5.75 Å². The average molecular weight is 264 g/mol. The summed E-state index contributed by atoms with van der Waals surface area (Å²) in [5.74, 6) is 0.497. The van der Waals surface area contributed by atoms with Gasteiger partial charge >= 0.3 is 0 Å². The molecule has 104 valence electrons. The fourth-order valence-corrected chi connectivity index (χ4v) is 2.08. The molecule has 1 unspecified atom stereocenters. The topological polar surface area (TPSA) is 73.6 Å².